The van der Waals surface area contributed by atoms with E-state index < -0.39 is 15.8 Å². The van der Waals surface area contributed by atoms with Gasteiger partial charge in [0.15, 0.2) is 0 Å². The van der Waals surface area contributed by atoms with E-state index in [-0.39, 0.29) is 12.6 Å². The smallest absolute Gasteiger partial charge is 0.324 e. The van der Waals surface area contributed by atoms with Crippen LogP contribution in [-0.4, -0.2) is 20.7 Å². The monoisotopic (exact) mass is 276 g/mol. The van der Waals surface area contributed by atoms with E-state index in [0.29, 0.717) is 12.1 Å². The summed E-state index contributed by atoms with van der Waals surface area (Å²) in [5, 5.41) is 0. The molecular formula is C11H14F2N2O2S. The van der Waals surface area contributed by atoms with Crippen LogP contribution in [0.25, 0.3) is 0 Å². The number of rotatable bonds is 3. The van der Waals surface area contributed by atoms with Crippen LogP contribution in [0.4, 0.5) is 14.5 Å². The quantitative estimate of drug-likeness (QED) is 0.912. The first kappa shape index (κ1) is 13.2. The number of nitrogens with zero attached hydrogens (tertiary/aromatic N) is 1. The molecule has 18 heavy (non-hydrogen) atoms. The molecule has 7 heteroatoms. The Balaban J connectivity index is 2.41. The van der Waals surface area contributed by atoms with Crippen LogP contribution < -0.4 is 10.0 Å². The minimum Gasteiger partial charge on any atom is -0.324 e. The summed E-state index contributed by atoms with van der Waals surface area (Å²) in [6.45, 7) is 1.87. The average Bonchev–Trinajstić information content (AvgIpc) is 2.71. The normalized spacial score (nSPS) is 17.1. The molecule has 1 heterocycles. The second-order valence-corrected chi connectivity index (χ2v) is 6.13. The van der Waals surface area contributed by atoms with Crippen molar-refractivity contribution >= 4 is 15.7 Å². The van der Waals surface area contributed by atoms with Crippen LogP contribution in [0, 0.1) is 0 Å². The highest BCUT2D eigenvalue weighted by atomic mass is 32.2. The Hall–Kier alpha value is -1.21. The number of nitrogens with two attached hydrogens (primary N) is 1. The first-order valence-electron chi connectivity index (χ1n) is 5.52. The molecule has 0 amide bonds. The van der Waals surface area contributed by atoms with E-state index >= 15 is 0 Å². The fraction of sp³-hybridized carbons (Fsp3) is 0.455. The van der Waals surface area contributed by atoms with Crippen molar-refractivity contribution in [2.75, 3.05) is 10.8 Å². The SMILES string of the molecule is CC(N)c1ccc2c(c1)CCN2S(=O)(=O)C(F)F. The molecule has 0 spiro atoms. The van der Waals surface area contributed by atoms with Gasteiger partial charge < -0.3 is 5.73 Å². The van der Waals surface area contributed by atoms with Gasteiger partial charge in [0.1, 0.15) is 0 Å². The second-order valence-electron chi connectivity index (χ2n) is 4.30. The van der Waals surface area contributed by atoms with E-state index in [1.807, 2.05) is 6.92 Å². The van der Waals surface area contributed by atoms with Gasteiger partial charge in [-0.1, -0.05) is 12.1 Å². The Morgan fingerprint density at radius 1 is 1.39 bits per heavy atom. The number of hydrogen-bond acceptors (Lipinski definition) is 3. The Bertz CT molecular complexity index is 558. The summed E-state index contributed by atoms with van der Waals surface area (Å²) < 4.78 is 48.7. The molecule has 0 bridgehead atoms. The number of hydrogen-bond donors (Lipinski definition) is 1. The van der Waals surface area contributed by atoms with Gasteiger partial charge in [0.2, 0.25) is 0 Å². The van der Waals surface area contributed by atoms with Crippen LogP contribution in [0.15, 0.2) is 18.2 Å². The van der Waals surface area contributed by atoms with Crippen molar-refractivity contribution in [3.8, 4) is 0 Å². The van der Waals surface area contributed by atoms with Crippen molar-refractivity contribution in [2.45, 2.75) is 25.1 Å². The molecule has 0 saturated heterocycles. The molecule has 0 saturated carbocycles. The molecule has 1 aliphatic heterocycles. The van der Waals surface area contributed by atoms with Gasteiger partial charge in [-0.25, -0.2) is 8.42 Å². The van der Waals surface area contributed by atoms with Crippen molar-refractivity contribution in [3.63, 3.8) is 0 Å². The van der Waals surface area contributed by atoms with Crippen LogP contribution in [0.3, 0.4) is 0 Å². The number of anilines is 1. The molecule has 1 aromatic rings. The van der Waals surface area contributed by atoms with Crippen molar-refractivity contribution in [1.82, 2.24) is 0 Å². The lowest BCUT2D eigenvalue weighted by Crippen LogP contribution is -2.33. The fourth-order valence-corrected chi connectivity index (χ4v) is 3.03. The maximum Gasteiger partial charge on any atom is 0.355 e. The summed E-state index contributed by atoms with van der Waals surface area (Å²) in [4.78, 5) is 0. The van der Waals surface area contributed by atoms with E-state index in [1.165, 1.54) is 0 Å². The van der Waals surface area contributed by atoms with Gasteiger partial charge in [-0.2, -0.15) is 8.78 Å². The van der Waals surface area contributed by atoms with Crippen molar-refractivity contribution in [2.24, 2.45) is 5.73 Å². The van der Waals surface area contributed by atoms with Gasteiger partial charge in [-0.15, -0.1) is 0 Å². The molecule has 100 valence electrons. The number of sulfonamides is 1. The number of alkyl halides is 2. The van der Waals surface area contributed by atoms with Crippen LogP contribution in [0.2, 0.25) is 0 Å². The van der Waals surface area contributed by atoms with E-state index in [1.54, 1.807) is 18.2 Å². The molecule has 0 fully saturated rings. The first-order valence-corrected chi connectivity index (χ1v) is 7.02. The molecule has 2 rings (SSSR count). The predicted molar refractivity (Wildman–Crippen MR) is 65.0 cm³/mol. The topological polar surface area (TPSA) is 63.4 Å². The van der Waals surface area contributed by atoms with Gasteiger partial charge in [-0.05, 0) is 30.5 Å². The van der Waals surface area contributed by atoms with Gasteiger partial charge in [0.25, 0.3) is 10.0 Å². The third-order valence-corrected chi connectivity index (χ3v) is 4.46. The zero-order valence-electron chi connectivity index (χ0n) is 9.81. The maximum absolute atomic E-state index is 12.5. The Labute approximate surface area is 104 Å². The van der Waals surface area contributed by atoms with Crippen molar-refractivity contribution < 1.29 is 17.2 Å². The molecule has 0 aromatic heterocycles. The average molecular weight is 276 g/mol. The first-order chi connectivity index (χ1) is 8.34. The number of halogens is 2. The number of fused-ring (bicyclic) bond motifs is 1. The van der Waals surface area contributed by atoms with Gasteiger partial charge in [-0.3, -0.25) is 4.31 Å². The maximum atomic E-state index is 12.5. The summed E-state index contributed by atoms with van der Waals surface area (Å²) in [5.41, 5.74) is 7.67. The highest BCUT2D eigenvalue weighted by molar-refractivity contribution is 7.93. The zero-order chi connectivity index (χ0) is 13.5. The van der Waals surface area contributed by atoms with Crippen molar-refractivity contribution in [3.05, 3.63) is 29.3 Å². The Morgan fingerprint density at radius 3 is 2.61 bits per heavy atom. The standard InChI is InChI=1S/C11H14F2N2O2S/c1-7(14)8-2-3-10-9(6-8)4-5-15(10)18(16,17)11(12)13/h2-3,6-7,11H,4-5,14H2,1H3. The molecule has 0 radical (unpaired) electrons. The molecule has 2 N–H and O–H groups in total. The third-order valence-electron chi connectivity index (χ3n) is 3.01. The van der Waals surface area contributed by atoms with Crippen LogP contribution in [-0.2, 0) is 16.4 Å². The molecular weight excluding hydrogens is 262 g/mol. The fourth-order valence-electron chi connectivity index (χ4n) is 2.04. The van der Waals surface area contributed by atoms with Crippen LogP contribution >= 0.6 is 0 Å². The Morgan fingerprint density at radius 2 is 2.06 bits per heavy atom. The van der Waals surface area contributed by atoms with Crippen molar-refractivity contribution in [1.29, 1.82) is 0 Å². The van der Waals surface area contributed by atoms with Gasteiger partial charge in [0, 0.05) is 12.6 Å². The minimum atomic E-state index is -4.55. The summed E-state index contributed by atoms with van der Waals surface area (Å²) in [5.74, 6) is -3.39. The molecule has 1 unspecified atom stereocenters. The zero-order valence-corrected chi connectivity index (χ0v) is 10.6. The lowest BCUT2D eigenvalue weighted by atomic mass is 10.0. The predicted octanol–water partition coefficient (Wildman–Crippen LogP) is 1.62. The number of benzene rings is 1. The van der Waals surface area contributed by atoms with Crippen LogP contribution in [0.1, 0.15) is 24.1 Å². The van der Waals surface area contributed by atoms with E-state index in [4.69, 9.17) is 5.73 Å². The summed E-state index contributed by atoms with van der Waals surface area (Å²) >= 11 is 0. The minimum absolute atomic E-state index is 0.0599. The van der Waals surface area contributed by atoms with Gasteiger partial charge >= 0.3 is 5.76 Å². The third kappa shape index (κ3) is 2.08. The molecule has 0 aliphatic carbocycles. The molecule has 1 aliphatic rings. The van der Waals surface area contributed by atoms with Crippen LogP contribution in [0.5, 0.6) is 0 Å². The molecule has 1 atom stereocenters. The lowest BCUT2D eigenvalue weighted by Gasteiger charge is -2.19. The van der Waals surface area contributed by atoms with Gasteiger partial charge in [0.05, 0.1) is 5.69 Å². The van der Waals surface area contributed by atoms with E-state index in [2.05, 4.69) is 0 Å². The summed E-state index contributed by atoms with van der Waals surface area (Å²) in [7, 11) is -4.55. The Kier molecular flexibility index (Phi) is 3.29. The van der Waals surface area contributed by atoms with E-state index in [0.717, 1.165) is 15.4 Å². The highest BCUT2D eigenvalue weighted by Crippen LogP contribution is 2.33. The molecule has 1 aromatic carbocycles. The van der Waals surface area contributed by atoms with E-state index in [9.17, 15) is 17.2 Å². The second kappa shape index (κ2) is 4.47. The molecule has 4 nitrogen and oxygen atoms in total. The lowest BCUT2D eigenvalue weighted by molar-refractivity contribution is 0.234. The summed E-state index contributed by atoms with van der Waals surface area (Å²) in [6, 6.07) is 4.82. The largest absolute Gasteiger partial charge is 0.355 e. The highest BCUT2D eigenvalue weighted by Gasteiger charge is 2.36. The summed E-state index contributed by atoms with van der Waals surface area (Å²) in [6.07, 6.45) is 0.432.